The summed E-state index contributed by atoms with van der Waals surface area (Å²) >= 11 is 0. The monoisotopic (exact) mass is 314 g/mol. The molecule has 1 aromatic carbocycles. The molecular formula is C17H18N2O4. The Labute approximate surface area is 134 Å². The molecule has 0 spiro atoms. The molecule has 2 heterocycles. The summed E-state index contributed by atoms with van der Waals surface area (Å²) in [7, 11) is 0. The largest absolute Gasteiger partial charge is 0.489 e. The second-order valence-electron chi connectivity index (χ2n) is 5.85. The minimum atomic E-state index is -1.26. The summed E-state index contributed by atoms with van der Waals surface area (Å²) in [4.78, 5) is 26.6. The standard InChI is InChI=1S/C17H18N2O4/c1-2-17(11-22-13-7-5-12(10-18)6-8-13)16(21)19-9-3-4-14(19)15(20)23-17/h5-8,14H,2-4,9,11H2,1H3/t14?,17-/m0/s1. The summed E-state index contributed by atoms with van der Waals surface area (Å²) < 4.78 is 11.2. The highest BCUT2D eigenvalue weighted by molar-refractivity contribution is 5.96. The van der Waals surface area contributed by atoms with Gasteiger partial charge in [-0.1, -0.05) is 6.92 Å². The van der Waals surface area contributed by atoms with Crippen LogP contribution in [0.2, 0.25) is 0 Å². The third kappa shape index (κ3) is 2.63. The molecule has 1 aromatic rings. The summed E-state index contributed by atoms with van der Waals surface area (Å²) in [5, 5.41) is 8.79. The van der Waals surface area contributed by atoms with E-state index in [-0.39, 0.29) is 18.5 Å². The van der Waals surface area contributed by atoms with Gasteiger partial charge in [0.2, 0.25) is 5.60 Å². The van der Waals surface area contributed by atoms with Crippen LogP contribution in [0.15, 0.2) is 24.3 Å². The Morgan fingerprint density at radius 2 is 2.13 bits per heavy atom. The maximum Gasteiger partial charge on any atom is 0.330 e. The van der Waals surface area contributed by atoms with Crippen molar-refractivity contribution in [1.29, 1.82) is 5.26 Å². The van der Waals surface area contributed by atoms with Crippen molar-refractivity contribution >= 4 is 11.9 Å². The van der Waals surface area contributed by atoms with Gasteiger partial charge in [0, 0.05) is 6.54 Å². The highest BCUT2D eigenvalue weighted by atomic mass is 16.6. The van der Waals surface area contributed by atoms with E-state index in [2.05, 4.69) is 0 Å². The molecule has 3 rings (SSSR count). The first-order valence-corrected chi connectivity index (χ1v) is 7.76. The third-order valence-corrected chi connectivity index (χ3v) is 4.50. The van der Waals surface area contributed by atoms with Gasteiger partial charge in [0.15, 0.2) is 0 Å². The van der Waals surface area contributed by atoms with Gasteiger partial charge in [0.1, 0.15) is 18.4 Å². The number of carbonyl (C=O) groups excluding carboxylic acids is 2. The molecule has 0 aromatic heterocycles. The van der Waals surface area contributed by atoms with Crippen LogP contribution in [-0.4, -0.2) is 41.6 Å². The summed E-state index contributed by atoms with van der Waals surface area (Å²) in [6, 6.07) is 8.20. The molecule has 2 saturated heterocycles. The van der Waals surface area contributed by atoms with Gasteiger partial charge in [0.25, 0.3) is 5.91 Å². The summed E-state index contributed by atoms with van der Waals surface area (Å²) in [5.74, 6) is 0.0207. The zero-order valence-electron chi connectivity index (χ0n) is 12.9. The molecule has 6 heteroatoms. The number of esters is 1. The maximum absolute atomic E-state index is 12.8. The van der Waals surface area contributed by atoms with E-state index in [4.69, 9.17) is 14.7 Å². The molecule has 2 aliphatic heterocycles. The molecule has 1 amide bonds. The first kappa shape index (κ1) is 15.3. The minimum Gasteiger partial charge on any atom is -0.489 e. The zero-order chi connectivity index (χ0) is 16.4. The van der Waals surface area contributed by atoms with Crippen LogP contribution < -0.4 is 4.74 Å². The zero-order valence-corrected chi connectivity index (χ0v) is 12.9. The molecule has 0 radical (unpaired) electrons. The van der Waals surface area contributed by atoms with Crippen LogP contribution in [0.3, 0.4) is 0 Å². The van der Waals surface area contributed by atoms with E-state index in [1.165, 1.54) is 0 Å². The van der Waals surface area contributed by atoms with E-state index in [1.54, 1.807) is 29.2 Å². The van der Waals surface area contributed by atoms with Gasteiger partial charge in [-0.3, -0.25) is 4.79 Å². The van der Waals surface area contributed by atoms with Crippen LogP contribution in [0.5, 0.6) is 5.75 Å². The van der Waals surface area contributed by atoms with Gasteiger partial charge in [-0.05, 0) is 43.5 Å². The van der Waals surface area contributed by atoms with Gasteiger partial charge in [0.05, 0.1) is 11.6 Å². The normalized spacial score (nSPS) is 26.4. The molecule has 2 atom stereocenters. The number of benzene rings is 1. The first-order valence-electron chi connectivity index (χ1n) is 7.76. The molecular weight excluding hydrogens is 296 g/mol. The van der Waals surface area contributed by atoms with Crippen LogP contribution in [0.25, 0.3) is 0 Å². The highest BCUT2D eigenvalue weighted by Crippen LogP contribution is 2.33. The average Bonchev–Trinajstić information content (AvgIpc) is 3.08. The summed E-state index contributed by atoms with van der Waals surface area (Å²) in [6.07, 6.45) is 1.85. The van der Waals surface area contributed by atoms with Crippen LogP contribution in [0.1, 0.15) is 31.7 Å². The summed E-state index contributed by atoms with van der Waals surface area (Å²) in [5.41, 5.74) is -0.728. The van der Waals surface area contributed by atoms with Gasteiger partial charge in [-0.25, -0.2) is 4.79 Å². The molecule has 0 bridgehead atoms. The number of nitrogens with zero attached hydrogens (tertiary/aromatic N) is 2. The number of hydrogen-bond donors (Lipinski definition) is 0. The minimum absolute atomic E-state index is 0.0246. The number of ether oxygens (including phenoxy) is 2. The van der Waals surface area contributed by atoms with Crippen molar-refractivity contribution in [2.24, 2.45) is 0 Å². The van der Waals surface area contributed by atoms with Crippen molar-refractivity contribution in [3.63, 3.8) is 0 Å². The molecule has 0 saturated carbocycles. The fourth-order valence-electron chi connectivity index (χ4n) is 3.06. The molecule has 6 nitrogen and oxygen atoms in total. The van der Waals surface area contributed by atoms with Crippen LogP contribution >= 0.6 is 0 Å². The number of hydrogen-bond acceptors (Lipinski definition) is 5. The molecule has 0 aliphatic carbocycles. The molecule has 0 N–H and O–H groups in total. The van der Waals surface area contributed by atoms with E-state index in [0.717, 1.165) is 6.42 Å². The van der Waals surface area contributed by atoms with E-state index in [0.29, 0.717) is 30.7 Å². The lowest BCUT2D eigenvalue weighted by Crippen LogP contribution is -2.63. The Balaban J connectivity index is 1.76. The van der Waals surface area contributed by atoms with Crippen molar-refractivity contribution in [3.05, 3.63) is 29.8 Å². The number of nitriles is 1. The molecule has 2 aliphatic rings. The van der Waals surface area contributed by atoms with Crippen molar-refractivity contribution in [2.75, 3.05) is 13.2 Å². The second-order valence-corrected chi connectivity index (χ2v) is 5.85. The van der Waals surface area contributed by atoms with Crippen molar-refractivity contribution < 1.29 is 19.1 Å². The number of morpholine rings is 1. The molecule has 1 unspecified atom stereocenters. The van der Waals surface area contributed by atoms with Gasteiger partial charge < -0.3 is 14.4 Å². The lowest BCUT2D eigenvalue weighted by Gasteiger charge is -2.41. The smallest absolute Gasteiger partial charge is 0.330 e. The predicted octanol–water partition coefficient (Wildman–Crippen LogP) is 1.63. The quantitative estimate of drug-likeness (QED) is 0.789. The van der Waals surface area contributed by atoms with Gasteiger partial charge >= 0.3 is 5.97 Å². The van der Waals surface area contributed by atoms with Gasteiger partial charge in [-0.15, -0.1) is 0 Å². The Morgan fingerprint density at radius 1 is 1.39 bits per heavy atom. The summed E-state index contributed by atoms with van der Waals surface area (Å²) in [6.45, 7) is 2.38. The van der Waals surface area contributed by atoms with E-state index >= 15 is 0 Å². The second kappa shape index (κ2) is 5.92. The van der Waals surface area contributed by atoms with E-state index < -0.39 is 11.6 Å². The number of cyclic esters (lactones) is 1. The number of amides is 1. The third-order valence-electron chi connectivity index (χ3n) is 4.50. The SMILES string of the molecule is CC[C@@]1(COc2ccc(C#N)cc2)OC(=O)C2CCCN2C1=O. The van der Waals surface area contributed by atoms with Gasteiger partial charge in [-0.2, -0.15) is 5.26 Å². The molecule has 2 fully saturated rings. The Morgan fingerprint density at radius 3 is 2.78 bits per heavy atom. The fraction of sp³-hybridized carbons (Fsp3) is 0.471. The first-order chi connectivity index (χ1) is 11.1. The van der Waals surface area contributed by atoms with Crippen LogP contribution in [0, 0.1) is 11.3 Å². The number of carbonyl (C=O) groups is 2. The van der Waals surface area contributed by atoms with Crippen LogP contribution in [0.4, 0.5) is 0 Å². The number of rotatable bonds is 4. The van der Waals surface area contributed by atoms with E-state index in [9.17, 15) is 9.59 Å². The predicted molar refractivity (Wildman–Crippen MR) is 80.5 cm³/mol. The highest BCUT2D eigenvalue weighted by Gasteiger charge is 2.54. The average molecular weight is 314 g/mol. The lowest BCUT2D eigenvalue weighted by molar-refractivity contribution is -0.195. The maximum atomic E-state index is 12.8. The van der Waals surface area contributed by atoms with Crippen LogP contribution in [-0.2, 0) is 14.3 Å². The molecule has 23 heavy (non-hydrogen) atoms. The van der Waals surface area contributed by atoms with Crippen molar-refractivity contribution in [3.8, 4) is 11.8 Å². The lowest BCUT2D eigenvalue weighted by atomic mass is 9.96. The Bertz CT molecular complexity index is 664. The molecule has 120 valence electrons. The number of fused-ring (bicyclic) bond motifs is 1. The van der Waals surface area contributed by atoms with Crippen molar-refractivity contribution in [1.82, 2.24) is 4.90 Å². The van der Waals surface area contributed by atoms with Crippen molar-refractivity contribution in [2.45, 2.75) is 37.8 Å². The Kier molecular flexibility index (Phi) is 3.95. The Hall–Kier alpha value is -2.55. The van der Waals surface area contributed by atoms with E-state index in [1.807, 2.05) is 13.0 Å². The topological polar surface area (TPSA) is 79.6 Å². The fourth-order valence-corrected chi connectivity index (χ4v) is 3.06.